The zero-order valence-corrected chi connectivity index (χ0v) is 9.50. The van der Waals surface area contributed by atoms with Gasteiger partial charge in [-0.2, -0.15) is 0 Å². The number of rotatable bonds is 2. The highest BCUT2D eigenvalue weighted by molar-refractivity contribution is 5.26. The zero-order chi connectivity index (χ0) is 10.7. The Kier molecular flexibility index (Phi) is 3.27. The van der Waals surface area contributed by atoms with Gasteiger partial charge in [-0.1, -0.05) is 23.8 Å². The van der Waals surface area contributed by atoms with Crippen LogP contribution in [0.1, 0.15) is 32.6 Å². The van der Waals surface area contributed by atoms with Crippen molar-refractivity contribution in [2.45, 2.75) is 38.7 Å². The van der Waals surface area contributed by atoms with E-state index in [2.05, 4.69) is 23.5 Å². The number of nitrogens with one attached hydrogen (secondary N) is 1. The average molecular weight is 207 g/mol. The van der Waals surface area contributed by atoms with E-state index in [1.807, 2.05) is 6.92 Å². The molecule has 0 saturated carbocycles. The highest BCUT2D eigenvalue weighted by atomic mass is 16.3. The van der Waals surface area contributed by atoms with Gasteiger partial charge < -0.3 is 10.4 Å². The maximum absolute atomic E-state index is 10.1. The normalized spacial score (nSPS) is 27.2. The monoisotopic (exact) mass is 207 g/mol. The Morgan fingerprint density at radius 2 is 2.13 bits per heavy atom. The smallest absolute Gasteiger partial charge is 0.0606 e. The molecule has 0 aromatic rings. The lowest BCUT2D eigenvalue weighted by Crippen LogP contribution is -2.44. The Labute approximate surface area is 92.1 Å². The Bertz CT molecular complexity index is 272. The predicted molar refractivity (Wildman–Crippen MR) is 62.7 cm³/mol. The largest absolute Gasteiger partial charge is 0.393 e. The molecule has 0 aromatic carbocycles. The molecule has 2 aliphatic rings. The molecule has 0 aromatic heterocycles. The second-order valence-corrected chi connectivity index (χ2v) is 4.74. The fraction of sp³-hybridized carbons (Fsp3) is 0.692. The van der Waals surface area contributed by atoms with E-state index in [1.54, 1.807) is 0 Å². The Balaban J connectivity index is 2.24. The van der Waals surface area contributed by atoms with Gasteiger partial charge in [0.25, 0.3) is 0 Å². The molecule has 1 fully saturated rings. The molecule has 2 rings (SSSR count). The number of hydrogen-bond donors (Lipinski definition) is 2. The molecule has 0 spiro atoms. The van der Waals surface area contributed by atoms with Gasteiger partial charge in [0.15, 0.2) is 0 Å². The molecule has 1 heterocycles. The first-order chi connectivity index (χ1) is 7.26. The quantitative estimate of drug-likeness (QED) is 0.726. The van der Waals surface area contributed by atoms with E-state index in [9.17, 15) is 5.11 Å². The Morgan fingerprint density at radius 1 is 1.40 bits per heavy atom. The number of allylic oxidation sites excluding steroid dienone is 3. The van der Waals surface area contributed by atoms with E-state index >= 15 is 0 Å². The van der Waals surface area contributed by atoms with Crippen molar-refractivity contribution in [1.82, 2.24) is 5.32 Å². The third kappa shape index (κ3) is 2.01. The lowest BCUT2D eigenvalue weighted by molar-refractivity contribution is 0.0397. The standard InChI is InChI=1S/C13H21NO/c1-11(15)13(7-9-14-10-8-13)12-5-3-2-4-6-12/h2-3,5,11,14-15H,4,6-10H2,1H3. The van der Waals surface area contributed by atoms with Gasteiger partial charge >= 0.3 is 0 Å². The summed E-state index contributed by atoms with van der Waals surface area (Å²) < 4.78 is 0. The predicted octanol–water partition coefficient (Wildman–Crippen LogP) is 2.01. The average Bonchev–Trinajstić information content (AvgIpc) is 2.31. The van der Waals surface area contributed by atoms with Crippen LogP contribution in [0.25, 0.3) is 0 Å². The first-order valence-corrected chi connectivity index (χ1v) is 6.01. The number of hydrogen-bond acceptors (Lipinski definition) is 2. The second-order valence-electron chi connectivity index (χ2n) is 4.74. The van der Waals surface area contributed by atoms with Crippen molar-refractivity contribution < 1.29 is 5.11 Å². The van der Waals surface area contributed by atoms with E-state index < -0.39 is 0 Å². The summed E-state index contributed by atoms with van der Waals surface area (Å²) in [5.41, 5.74) is 1.51. The van der Waals surface area contributed by atoms with Crippen LogP contribution in [0.5, 0.6) is 0 Å². The number of aliphatic hydroxyl groups excluding tert-OH is 1. The van der Waals surface area contributed by atoms with Gasteiger partial charge in [-0.3, -0.25) is 0 Å². The molecule has 1 atom stereocenters. The van der Waals surface area contributed by atoms with Gasteiger partial charge in [0.05, 0.1) is 6.10 Å². The van der Waals surface area contributed by atoms with Crippen LogP contribution in [0.3, 0.4) is 0 Å². The summed E-state index contributed by atoms with van der Waals surface area (Å²) in [5, 5.41) is 13.5. The van der Waals surface area contributed by atoms with Crippen molar-refractivity contribution in [3.05, 3.63) is 23.8 Å². The highest BCUT2D eigenvalue weighted by Gasteiger charge is 2.39. The minimum Gasteiger partial charge on any atom is -0.393 e. The summed E-state index contributed by atoms with van der Waals surface area (Å²) in [6.07, 6.45) is 10.8. The fourth-order valence-corrected chi connectivity index (χ4v) is 2.90. The molecule has 1 saturated heterocycles. The zero-order valence-electron chi connectivity index (χ0n) is 9.50. The summed E-state index contributed by atoms with van der Waals surface area (Å²) >= 11 is 0. The molecule has 1 aliphatic heterocycles. The Morgan fingerprint density at radius 3 is 2.67 bits per heavy atom. The summed E-state index contributed by atoms with van der Waals surface area (Å²) in [7, 11) is 0. The minimum atomic E-state index is -0.225. The van der Waals surface area contributed by atoms with Crippen LogP contribution in [0, 0.1) is 5.41 Å². The van der Waals surface area contributed by atoms with Gasteiger partial charge in [-0.05, 0) is 45.7 Å². The van der Waals surface area contributed by atoms with Crippen molar-refractivity contribution in [3.8, 4) is 0 Å². The number of aliphatic hydroxyl groups is 1. The van der Waals surface area contributed by atoms with E-state index in [-0.39, 0.29) is 11.5 Å². The second kappa shape index (κ2) is 4.50. The molecule has 84 valence electrons. The van der Waals surface area contributed by atoms with Gasteiger partial charge in [0, 0.05) is 5.41 Å². The maximum Gasteiger partial charge on any atom is 0.0606 e. The van der Waals surface area contributed by atoms with Gasteiger partial charge in [0.2, 0.25) is 0 Å². The molecule has 1 aliphatic carbocycles. The molecule has 2 N–H and O–H groups in total. The van der Waals surface area contributed by atoms with Crippen LogP contribution in [0.15, 0.2) is 23.8 Å². The fourth-order valence-electron chi connectivity index (χ4n) is 2.90. The minimum absolute atomic E-state index is 0.0516. The van der Waals surface area contributed by atoms with E-state index in [1.165, 1.54) is 5.57 Å². The molecule has 15 heavy (non-hydrogen) atoms. The summed E-state index contributed by atoms with van der Waals surface area (Å²) in [4.78, 5) is 0. The van der Waals surface area contributed by atoms with Crippen LogP contribution in [0.4, 0.5) is 0 Å². The van der Waals surface area contributed by atoms with Crippen LogP contribution >= 0.6 is 0 Å². The third-order valence-electron chi connectivity index (χ3n) is 3.95. The molecule has 0 bridgehead atoms. The first kappa shape index (κ1) is 10.9. The maximum atomic E-state index is 10.1. The molecule has 0 amide bonds. The molecular weight excluding hydrogens is 186 g/mol. The van der Waals surface area contributed by atoms with Crippen molar-refractivity contribution in [3.63, 3.8) is 0 Å². The van der Waals surface area contributed by atoms with Crippen LogP contribution in [-0.4, -0.2) is 24.3 Å². The van der Waals surface area contributed by atoms with E-state index in [0.29, 0.717) is 0 Å². The molecular formula is C13H21NO. The van der Waals surface area contributed by atoms with Crippen LogP contribution in [-0.2, 0) is 0 Å². The first-order valence-electron chi connectivity index (χ1n) is 6.01. The van der Waals surface area contributed by atoms with Gasteiger partial charge in [-0.15, -0.1) is 0 Å². The van der Waals surface area contributed by atoms with Crippen LogP contribution in [0.2, 0.25) is 0 Å². The van der Waals surface area contributed by atoms with E-state index in [0.717, 1.165) is 38.8 Å². The van der Waals surface area contributed by atoms with Gasteiger partial charge in [-0.25, -0.2) is 0 Å². The molecule has 2 nitrogen and oxygen atoms in total. The van der Waals surface area contributed by atoms with E-state index in [4.69, 9.17) is 0 Å². The SMILES string of the molecule is CC(O)C1(C2=CC=CCC2)CCNCC1. The summed E-state index contributed by atoms with van der Waals surface area (Å²) in [6, 6.07) is 0. The highest BCUT2D eigenvalue weighted by Crippen LogP contribution is 2.43. The lowest BCUT2D eigenvalue weighted by atomic mass is 9.67. The Hall–Kier alpha value is -0.600. The molecule has 0 radical (unpaired) electrons. The lowest BCUT2D eigenvalue weighted by Gasteiger charge is -2.43. The number of piperidine rings is 1. The van der Waals surface area contributed by atoms with Crippen LogP contribution < -0.4 is 5.32 Å². The van der Waals surface area contributed by atoms with Crippen molar-refractivity contribution in [1.29, 1.82) is 0 Å². The molecule has 2 heteroatoms. The summed E-state index contributed by atoms with van der Waals surface area (Å²) in [5.74, 6) is 0. The van der Waals surface area contributed by atoms with Crippen molar-refractivity contribution in [2.75, 3.05) is 13.1 Å². The van der Waals surface area contributed by atoms with Crippen molar-refractivity contribution >= 4 is 0 Å². The third-order valence-corrected chi connectivity index (χ3v) is 3.95. The molecule has 1 unspecified atom stereocenters. The summed E-state index contributed by atoms with van der Waals surface area (Å²) in [6.45, 7) is 4.02. The van der Waals surface area contributed by atoms with Gasteiger partial charge in [0.1, 0.15) is 0 Å². The topological polar surface area (TPSA) is 32.3 Å². The van der Waals surface area contributed by atoms with Crippen molar-refractivity contribution in [2.24, 2.45) is 5.41 Å².